The molecule has 0 aliphatic carbocycles. The van der Waals surface area contributed by atoms with Gasteiger partial charge in [0.1, 0.15) is 0 Å². The van der Waals surface area contributed by atoms with Gasteiger partial charge in [-0.05, 0) is 37.6 Å². The van der Waals surface area contributed by atoms with Crippen molar-refractivity contribution < 1.29 is 9.53 Å². The Morgan fingerprint density at radius 1 is 1.31 bits per heavy atom. The van der Waals surface area contributed by atoms with E-state index in [-0.39, 0.29) is 11.9 Å². The lowest BCUT2D eigenvalue weighted by atomic mass is 9.81. The number of carbonyl (C=O) groups is 1. The minimum Gasteiger partial charge on any atom is -0.381 e. The summed E-state index contributed by atoms with van der Waals surface area (Å²) >= 11 is 0. The zero-order valence-electron chi connectivity index (χ0n) is 10.2. The fourth-order valence-electron chi connectivity index (χ4n) is 2.80. The van der Waals surface area contributed by atoms with Crippen LogP contribution in [0.25, 0.3) is 0 Å². The van der Waals surface area contributed by atoms with Crippen LogP contribution in [-0.2, 0) is 9.53 Å². The molecule has 1 amide bonds. The molecule has 1 N–H and O–H groups in total. The minimum atomic E-state index is 0.0225. The average Bonchev–Trinajstić information content (AvgIpc) is 2.81. The summed E-state index contributed by atoms with van der Waals surface area (Å²) in [5, 5.41) is 3.32. The quantitative estimate of drug-likeness (QED) is 0.744. The van der Waals surface area contributed by atoms with E-state index in [1.165, 1.54) is 12.8 Å². The van der Waals surface area contributed by atoms with Crippen molar-refractivity contribution in [1.82, 2.24) is 10.2 Å². The maximum atomic E-state index is 11.9. The van der Waals surface area contributed by atoms with Crippen molar-refractivity contribution in [3.05, 3.63) is 0 Å². The summed E-state index contributed by atoms with van der Waals surface area (Å²) in [5.41, 5.74) is 0. The van der Waals surface area contributed by atoms with Gasteiger partial charge in [-0.25, -0.2) is 0 Å². The standard InChI is InChI=1S/C12H22N2O2/c1-14(2)12(15)11-7-9(3-5-13-11)10-4-6-16-8-10/h9-11,13H,3-8H2,1-2H3. The summed E-state index contributed by atoms with van der Waals surface area (Å²) in [6, 6.07) is 0.0225. The summed E-state index contributed by atoms with van der Waals surface area (Å²) in [5.74, 6) is 1.56. The van der Waals surface area contributed by atoms with Crippen LogP contribution in [0.1, 0.15) is 19.3 Å². The molecule has 2 heterocycles. The van der Waals surface area contributed by atoms with E-state index < -0.39 is 0 Å². The molecule has 2 rings (SSSR count). The van der Waals surface area contributed by atoms with Gasteiger partial charge < -0.3 is 15.0 Å². The normalized spacial score (nSPS) is 35.0. The molecule has 2 fully saturated rings. The van der Waals surface area contributed by atoms with Crippen LogP contribution in [-0.4, -0.2) is 50.7 Å². The second-order valence-electron chi connectivity index (χ2n) is 5.15. The topological polar surface area (TPSA) is 41.6 Å². The first-order chi connectivity index (χ1) is 7.68. The van der Waals surface area contributed by atoms with Crippen molar-refractivity contribution in [2.24, 2.45) is 11.8 Å². The minimum absolute atomic E-state index is 0.0225. The zero-order chi connectivity index (χ0) is 11.5. The molecule has 4 nitrogen and oxygen atoms in total. The molecule has 0 aromatic heterocycles. The van der Waals surface area contributed by atoms with Gasteiger partial charge in [-0.3, -0.25) is 4.79 Å². The molecule has 0 aromatic rings. The lowest BCUT2D eigenvalue weighted by Gasteiger charge is -2.33. The first kappa shape index (κ1) is 11.9. The molecule has 92 valence electrons. The number of ether oxygens (including phenoxy) is 1. The monoisotopic (exact) mass is 226 g/mol. The van der Waals surface area contributed by atoms with Crippen LogP contribution in [0.2, 0.25) is 0 Å². The molecule has 3 atom stereocenters. The fourth-order valence-corrected chi connectivity index (χ4v) is 2.80. The number of hydrogen-bond donors (Lipinski definition) is 1. The number of amides is 1. The van der Waals surface area contributed by atoms with Crippen LogP contribution in [0.3, 0.4) is 0 Å². The Hall–Kier alpha value is -0.610. The van der Waals surface area contributed by atoms with Gasteiger partial charge >= 0.3 is 0 Å². The van der Waals surface area contributed by atoms with Crippen molar-refractivity contribution in [3.63, 3.8) is 0 Å². The van der Waals surface area contributed by atoms with Crippen LogP contribution in [0.5, 0.6) is 0 Å². The van der Waals surface area contributed by atoms with E-state index in [9.17, 15) is 4.79 Å². The number of nitrogens with zero attached hydrogens (tertiary/aromatic N) is 1. The van der Waals surface area contributed by atoms with Gasteiger partial charge in [0, 0.05) is 27.3 Å². The number of nitrogens with one attached hydrogen (secondary N) is 1. The predicted octanol–water partition coefficient (Wildman–Crippen LogP) is 0.479. The molecule has 0 bridgehead atoms. The highest BCUT2D eigenvalue weighted by molar-refractivity contribution is 5.81. The molecule has 2 aliphatic heterocycles. The van der Waals surface area contributed by atoms with E-state index in [1.807, 2.05) is 14.1 Å². The van der Waals surface area contributed by atoms with Gasteiger partial charge in [-0.1, -0.05) is 0 Å². The summed E-state index contributed by atoms with van der Waals surface area (Å²) < 4.78 is 5.44. The van der Waals surface area contributed by atoms with Crippen LogP contribution >= 0.6 is 0 Å². The number of carbonyl (C=O) groups excluding carboxylic acids is 1. The second-order valence-corrected chi connectivity index (χ2v) is 5.15. The molecule has 0 saturated carbocycles. The number of rotatable bonds is 2. The van der Waals surface area contributed by atoms with Gasteiger partial charge in [0.05, 0.1) is 6.04 Å². The first-order valence-corrected chi connectivity index (χ1v) is 6.20. The van der Waals surface area contributed by atoms with Crippen LogP contribution in [0.15, 0.2) is 0 Å². The van der Waals surface area contributed by atoms with Crippen LogP contribution < -0.4 is 5.32 Å². The van der Waals surface area contributed by atoms with Gasteiger partial charge in [0.2, 0.25) is 5.91 Å². The average molecular weight is 226 g/mol. The Balaban J connectivity index is 1.90. The van der Waals surface area contributed by atoms with Crippen molar-refractivity contribution in [2.75, 3.05) is 33.9 Å². The van der Waals surface area contributed by atoms with Crippen molar-refractivity contribution >= 4 is 5.91 Å². The SMILES string of the molecule is CN(C)C(=O)C1CC(C2CCOC2)CCN1. The highest BCUT2D eigenvalue weighted by atomic mass is 16.5. The third kappa shape index (κ3) is 2.55. The van der Waals surface area contributed by atoms with Crippen molar-refractivity contribution in [1.29, 1.82) is 0 Å². The van der Waals surface area contributed by atoms with Crippen molar-refractivity contribution in [2.45, 2.75) is 25.3 Å². The summed E-state index contributed by atoms with van der Waals surface area (Å²) in [6.07, 6.45) is 3.34. The first-order valence-electron chi connectivity index (χ1n) is 6.20. The van der Waals surface area contributed by atoms with Crippen LogP contribution in [0.4, 0.5) is 0 Å². The molecule has 3 unspecified atom stereocenters. The summed E-state index contributed by atoms with van der Waals surface area (Å²) in [4.78, 5) is 13.6. The van der Waals surface area contributed by atoms with Gasteiger partial charge in [-0.2, -0.15) is 0 Å². The number of likely N-dealkylation sites (N-methyl/N-ethyl adjacent to an activating group) is 1. The number of piperidine rings is 1. The number of hydrogen-bond acceptors (Lipinski definition) is 3. The highest BCUT2D eigenvalue weighted by Crippen LogP contribution is 2.30. The molecular weight excluding hydrogens is 204 g/mol. The highest BCUT2D eigenvalue weighted by Gasteiger charge is 2.33. The Bertz CT molecular complexity index is 249. The molecular formula is C12H22N2O2. The molecule has 16 heavy (non-hydrogen) atoms. The predicted molar refractivity (Wildman–Crippen MR) is 62.1 cm³/mol. The lowest BCUT2D eigenvalue weighted by molar-refractivity contribution is -0.132. The Labute approximate surface area is 97.3 Å². The van der Waals surface area contributed by atoms with Gasteiger partial charge in [0.25, 0.3) is 0 Å². The van der Waals surface area contributed by atoms with E-state index in [0.717, 1.165) is 26.2 Å². The summed E-state index contributed by atoms with van der Waals surface area (Å²) in [7, 11) is 3.65. The van der Waals surface area contributed by atoms with E-state index in [0.29, 0.717) is 11.8 Å². The molecule has 2 saturated heterocycles. The Morgan fingerprint density at radius 3 is 2.75 bits per heavy atom. The largest absolute Gasteiger partial charge is 0.381 e. The van der Waals surface area contributed by atoms with E-state index in [4.69, 9.17) is 4.74 Å². The smallest absolute Gasteiger partial charge is 0.239 e. The molecule has 0 spiro atoms. The molecule has 0 radical (unpaired) electrons. The van der Waals surface area contributed by atoms with E-state index in [2.05, 4.69) is 5.32 Å². The second kappa shape index (κ2) is 5.15. The fraction of sp³-hybridized carbons (Fsp3) is 0.917. The third-order valence-corrected chi connectivity index (χ3v) is 3.81. The third-order valence-electron chi connectivity index (χ3n) is 3.81. The molecule has 2 aliphatic rings. The van der Waals surface area contributed by atoms with E-state index >= 15 is 0 Å². The maximum absolute atomic E-state index is 11.9. The Morgan fingerprint density at radius 2 is 2.12 bits per heavy atom. The van der Waals surface area contributed by atoms with Crippen molar-refractivity contribution in [3.8, 4) is 0 Å². The van der Waals surface area contributed by atoms with Crippen LogP contribution in [0, 0.1) is 11.8 Å². The van der Waals surface area contributed by atoms with Gasteiger partial charge in [-0.15, -0.1) is 0 Å². The maximum Gasteiger partial charge on any atom is 0.239 e. The zero-order valence-corrected chi connectivity index (χ0v) is 10.2. The van der Waals surface area contributed by atoms with Gasteiger partial charge in [0.15, 0.2) is 0 Å². The lowest BCUT2D eigenvalue weighted by Crippen LogP contribution is -2.49. The molecule has 0 aromatic carbocycles. The summed E-state index contributed by atoms with van der Waals surface area (Å²) in [6.45, 7) is 2.76. The Kier molecular flexibility index (Phi) is 3.82. The van der Waals surface area contributed by atoms with E-state index in [1.54, 1.807) is 4.90 Å². The molecule has 4 heteroatoms.